The number of carbonyl (C=O) groups excluding carboxylic acids is 2. The van der Waals surface area contributed by atoms with Crippen molar-refractivity contribution in [1.82, 2.24) is 4.98 Å². The molecule has 0 radical (unpaired) electrons. The molecule has 176 valence electrons. The number of carbonyl (C=O) groups is 2. The predicted molar refractivity (Wildman–Crippen MR) is 138 cm³/mol. The average Bonchev–Trinajstić information content (AvgIpc) is 2.82. The van der Waals surface area contributed by atoms with Gasteiger partial charge in [0.05, 0.1) is 16.2 Å². The second-order valence-electron chi connectivity index (χ2n) is 9.10. The molecule has 5 nitrogen and oxygen atoms in total. The predicted octanol–water partition coefficient (Wildman–Crippen LogP) is 5.44. The maximum absolute atomic E-state index is 13.0. The van der Waals surface area contributed by atoms with Crippen molar-refractivity contribution in [1.29, 1.82) is 0 Å². The lowest BCUT2D eigenvalue weighted by atomic mass is 9.68. The first-order valence-electron chi connectivity index (χ1n) is 11.2. The summed E-state index contributed by atoms with van der Waals surface area (Å²) in [4.78, 5) is 30.1. The van der Waals surface area contributed by atoms with E-state index < -0.39 is 11.5 Å². The van der Waals surface area contributed by atoms with E-state index in [2.05, 4.69) is 28.7 Å². The van der Waals surface area contributed by atoms with Crippen molar-refractivity contribution < 1.29 is 14.7 Å². The molecular weight excluding hydrogens is 460 g/mol. The Morgan fingerprint density at radius 1 is 1.11 bits per heavy atom. The van der Waals surface area contributed by atoms with Crippen molar-refractivity contribution in [3.63, 3.8) is 0 Å². The number of hydrogen-bond donors (Lipinski definition) is 2. The number of amides is 1. The molecule has 2 aromatic carbocycles. The molecule has 1 heterocycles. The fourth-order valence-electron chi connectivity index (χ4n) is 4.08. The van der Waals surface area contributed by atoms with Crippen LogP contribution in [-0.4, -0.2) is 27.4 Å². The van der Waals surface area contributed by atoms with Crippen LogP contribution in [0.15, 0.2) is 67.4 Å². The van der Waals surface area contributed by atoms with Crippen LogP contribution >= 0.6 is 11.6 Å². The maximum Gasteiger partial charge on any atom is 0.258 e. The van der Waals surface area contributed by atoms with Gasteiger partial charge < -0.3 is 10.4 Å². The highest BCUT2D eigenvalue weighted by molar-refractivity contribution is 6.34. The Morgan fingerprint density at radius 2 is 1.80 bits per heavy atom. The van der Waals surface area contributed by atoms with Crippen molar-refractivity contribution >= 4 is 34.7 Å². The van der Waals surface area contributed by atoms with Gasteiger partial charge in [-0.25, -0.2) is 4.98 Å². The van der Waals surface area contributed by atoms with Crippen LogP contribution in [0.25, 0.3) is 5.57 Å². The molecule has 1 aromatic heterocycles. The number of benzene rings is 2. The summed E-state index contributed by atoms with van der Waals surface area (Å²) in [5, 5.41) is 13.0. The zero-order chi connectivity index (χ0) is 25.2. The first-order valence-corrected chi connectivity index (χ1v) is 11.6. The number of nitrogens with one attached hydrogen (secondary N) is 1. The standard InChI is InChI=1S/C29H25ClN2O3/c1-18-13-21(10-9-20-7-5-4-6-8-20)17-31-27(18)32-28(34)24-14-22(11-12-25(24)30)19(2)26(33)23-15-29(3,35)16-23/h4-8,11-14,17,23,35H,2,15-16H2,1,3H3,(H,31,32,34). The van der Waals surface area contributed by atoms with Gasteiger partial charge >= 0.3 is 0 Å². The minimum absolute atomic E-state index is 0.130. The minimum atomic E-state index is -0.806. The SMILES string of the molecule is C=C(C(=O)C1CC(C)(O)C1)c1ccc(Cl)c(C(=O)Nc2ncc(C#Cc3ccccc3)cc2C)c1. The lowest BCUT2D eigenvalue weighted by Gasteiger charge is -2.40. The van der Waals surface area contributed by atoms with E-state index in [-0.39, 0.29) is 22.3 Å². The highest BCUT2D eigenvalue weighted by Crippen LogP contribution is 2.40. The van der Waals surface area contributed by atoms with Crippen LogP contribution in [-0.2, 0) is 4.79 Å². The first-order chi connectivity index (χ1) is 16.6. The Bertz CT molecular complexity index is 1380. The lowest BCUT2D eigenvalue weighted by Crippen LogP contribution is -2.44. The minimum Gasteiger partial charge on any atom is -0.390 e. The van der Waals surface area contributed by atoms with Crippen molar-refractivity contribution in [3.8, 4) is 11.8 Å². The number of aromatic nitrogens is 1. The summed E-state index contributed by atoms with van der Waals surface area (Å²) in [6.45, 7) is 7.47. The fourth-order valence-corrected chi connectivity index (χ4v) is 4.28. The smallest absolute Gasteiger partial charge is 0.258 e. The summed E-state index contributed by atoms with van der Waals surface area (Å²) >= 11 is 6.30. The molecule has 2 N–H and O–H groups in total. The number of ketones is 1. The van der Waals surface area contributed by atoms with E-state index in [4.69, 9.17) is 11.6 Å². The monoisotopic (exact) mass is 484 g/mol. The third-order valence-corrected chi connectivity index (χ3v) is 6.36. The molecule has 0 atom stereocenters. The highest BCUT2D eigenvalue weighted by Gasteiger charge is 2.42. The fraction of sp³-hybridized carbons (Fsp3) is 0.207. The molecule has 6 heteroatoms. The van der Waals surface area contributed by atoms with Crippen LogP contribution in [0, 0.1) is 24.7 Å². The summed E-state index contributed by atoms with van der Waals surface area (Å²) in [6, 6.07) is 16.3. The highest BCUT2D eigenvalue weighted by atomic mass is 35.5. The van der Waals surface area contributed by atoms with Crippen LogP contribution in [0.2, 0.25) is 5.02 Å². The molecule has 1 amide bonds. The van der Waals surface area contributed by atoms with Gasteiger partial charge in [-0.05, 0) is 68.1 Å². The van der Waals surface area contributed by atoms with Crippen LogP contribution in [0.3, 0.4) is 0 Å². The van der Waals surface area contributed by atoms with Crippen LogP contribution in [0.5, 0.6) is 0 Å². The van der Waals surface area contributed by atoms with Gasteiger partial charge in [-0.15, -0.1) is 0 Å². The van der Waals surface area contributed by atoms with Crippen LogP contribution < -0.4 is 5.32 Å². The third-order valence-electron chi connectivity index (χ3n) is 6.04. The number of nitrogens with zero attached hydrogens (tertiary/aromatic N) is 1. The number of halogens is 1. The van der Waals surface area contributed by atoms with E-state index >= 15 is 0 Å². The molecule has 0 unspecified atom stereocenters. The normalized spacial score (nSPS) is 18.6. The number of allylic oxidation sites excluding steroid dienone is 1. The topological polar surface area (TPSA) is 79.3 Å². The summed E-state index contributed by atoms with van der Waals surface area (Å²) < 4.78 is 0. The summed E-state index contributed by atoms with van der Waals surface area (Å²) in [6.07, 6.45) is 2.41. The van der Waals surface area contributed by atoms with Crippen molar-refractivity contribution in [2.75, 3.05) is 5.32 Å². The molecule has 35 heavy (non-hydrogen) atoms. The zero-order valence-electron chi connectivity index (χ0n) is 19.6. The number of anilines is 1. The largest absolute Gasteiger partial charge is 0.390 e. The molecule has 4 rings (SSSR count). The Balaban J connectivity index is 1.48. The summed E-state index contributed by atoms with van der Waals surface area (Å²) in [7, 11) is 0. The second kappa shape index (κ2) is 9.87. The molecule has 0 spiro atoms. The number of hydrogen-bond acceptors (Lipinski definition) is 4. The maximum atomic E-state index is 13.0. The van der Waals surface area contributed by atoms with E-state index in [1.54, 1.807) is 31.3 Å². The molecule has 0 aliphatic heterocycles. The van der Waals surface area contributed by atoms with Gasteiger partial charge in [0.1, 0.15) is 5.82 Å². The van der Waals surface area contributed by atoms with Gasteiger partial charge in [-0.2, -0.15) is 0 Å². The van der Waals surface area contributed by atoms with E-state index in [0.29, 0.717) is 29.8 Å². The molecule has 1 fully saturated rings. The molecule has 0 bridgehead atoms. The van der Waals surface area contributed by atoms with Gasteiger partial charge in [-0.1, -0.05) is 54.3 Å². The van der Waals surface area contributed by atoms with Gasteiger partial charge in [0.15, 0.2) is 5.78 Å². The average molecular weight is 485 g/mol. The second-order valence-corrected chi connectivity index (χ2v) is 9.51. The van der Waals surface area contributed by atoms with Crippen LogP contribution in [0.4, 0.5) is 5.82 Å². The molecule has 3 aromatic rings. The van der Waals surface area contributed by atoms with Crippen molar-refractivity contribution in [2.45, 2.75) is 32.3 Å². The number of aryl methyl sites for hydroxylation is 1. The van der Waals surface area contributed by atoms with Crippen molar-refractivity contribution in [3.05, 3.63) is 100 Å². The summed E-state index contributed by atoms with van der Waals surface area (Å²) in [5.41, 5.74) is 2.61. The molecule has 0 saturated heterocycles. The van der Waals surface area contributed by atoms with E-state index in [1.807, 2.05) is 43.3 Å². The number of Topliss-reactive ketones (excluding diaryl/α,β-unsaturated/α-hetero) is 1. The Morgan fingerprint density at radius 3 is 2.46 bits per heavy atom. The van der Waals surface area contributed by atoms with E-state index in [9.17, 15) is 14.7 Å². The zero-order valence-corrected chi connectivity index (χ0v) is 20.3. The quantitative estimate of drug-likeness (QED) is 0.373. The van der Waals surface area contributed by atoms with Crippen LogP contribution in [0.1, 0.15) is 52.4 Å². The van der Waals surface area contributed by atoms with Gasteiger partial charge in [0.25, 0.3) is 5.91 Å². The molecule has 1 aliphatic rings. The number of aliphatic hydroxyl groups is 1. The van der Waals surface area contributed by atoms with Crippen molar-refractivity contribution in [2.24, 2.45) is 5.92 Å². The molecular formula is C29H25ClN2O3. The number of rotatable bonds is 5. The third kappa shape index (κ3) is 5.68. The summed E-state index contributed by atoms with van der Waals surface area (Å²) in [5.74, 6) is 5.72. The van der Waals surface area contributed by atoms with E-state index in [0.717, 1.165) is 16.7 Å². The first kappa shape index (κ1) is 24.4. The Labute approximate surface area is 209 Å². The Hall–Kier alpha value is -3.72. The van der Waals surface area contributed by atoms with Gasteiger partial charge in [0.2, 0.25) is 0 Å². The van der Waals surface area contributed by atoms with Gasteiger partial charge in [0, 0.05) is 28.8 Å². The molecule has 1 saturated carbocycles. The van der Waals surface area contributed by atoms with E-state index in [1.165, 1.54) is 0 Å². The van der Waals surface area contributed by atoms with Gasteiger partial charge in [-0.3, -0.25) is 9.59 Å². The molecule has 1 aliphatic carbocycles. The number of pyridine rings is 1. The Kier molecular flexibility index (Phi) is 6.88. The lowest BCUT2D eigenvalue weighted by molar-refractivity contribution is -0.130.